The highest BCUT2D eigenvalue weighted by Gasteiger charge is 2.23. The Morgan fingerprint density at radius 2 is 2.28 bits per heavy atom. The Morgan fingerprint density at radius 3 is 3.06 bits per heavy atom. The molecule has 3 rings (SSSR count). The highest BCUT2D eigenvalue weighted by atomic mass is 16.5. The normalized spacial score (nSPS) is 21.3. The van der Waals surface area contributed by atoms with Gasteiger partial charge in [0.15, 0.2) is 0 Å². The van der Waals surface area contributed by atoms with Gasteiger partial charge in [0, 0.05) is 25.0 Å². The molecule has 0 radical (unpaired) electrons. The summed E-state index contributed by atoms with van der Waals surface area (Å²) in [5, 5.41) is 4.50. The first kappa shape index (κ1) is 11.6. The fraction of sp³-hybridized carbons (Fsp3) is 0.429. The van der Waals surface area contributed by atoms with Crippen molar-refractivity contribution in [3.05, 3.63) is 30.0 Å². The fourth-order valence-corrected chi connectivity index (χ4v) is 2.46. The Kier molecular flexibility index (Phi) is 2.97. The fourth-order valence-electron chi connectivity index (χ4n) is 2.46. The summed E-state index contributed by atoms with van der Waals surface area (Å²) in [6.07, 6.45) is 0. The molecule has 4 heteroatoms. The summed E-state index contributed by atoms with van der Waals surface area (Å²) < 4.78 is 11.2. The molecule has 0 spiro atoms. The number of rotatable bonds is 2. The molecule has 2 heterocycles. The van der Waals surface area contributed by atoms with Crippen molar-refractivity contribution >= 4 is 11.0 Å². The Hall–Kier alpha value is -1.52. The first-order valence-electron chi connectivity index (χ1n) is 6.26. The van der Waals surface area contributed by atoms with Crippen LogP contribution in [0.3, 0.4) is 0 Å². The highest BCUT2D eigenvalue weighted by Crippen LogP contribution is 2.29. The number of furan rings is 1. The van der Waals surface area contributed by atoms with Crippen LogP contribution in [0.2, 0.25) is 0 Å². The summed E-state index contributed by atoms with van der Waals surface area (Å²) >= 11 is 0. The van der Waals surface area contributed by atoms with E-state index in [1.54, 1.807) is 7.11 Å². The van der Waals surface area contributed by atoms with Crippen LogP contribution in [0.25, 0.3) is 11.0 Å². The Bertz CT molecular complexity index is 550. The number of nitrogens with one attached hydrogen (secondary N) is 1. The second-order valence-corrected chi connectivity index (χ2v) is 4.75. The number of ether oxygens (including phenoxy) is 1. The predicted molar refractivity (Wildman–Crippen MR) is 71.0 cm³/mol. The zero-order valence-corrected chi connectivity index (χ0v) is 10.8. The first-order chi connectivity index (χ1) is 8.78. The third kappa shape index (κ3) is 1.98. The first-order valence-corrected chi connectivity index (χ1v) is 6.26. The van der Waals surface area contributed by atoms with Crippen molar-refractivity contribution in [2.45, 2.75) is 6.04 Å². The van der Waals surface area contributed by atoms with Gasteiger partial charge in [0.1, 0.15) is 17.1 Å². The van der Waals surface area contributed by atoms with Crippen LogP contribution in [0.4, 0.5) is 0 Å². The van der Waals surface area contributed by atoms with Crippen molar-refractivity contribution in [1.82, 2.24) is 10.2 Å². The summed E-state index contributed by atoms with van der Waals surface area (Å²) in [6, 6.07) is 8.34. The van der Waals surface area contributed by atoms with Crippen LogP contribution in [0.1, 0.15) is 11.8 Å². The van der Waals surface area contributed by atoms with Crippen molar-refractivity contribution in [2.75, 3.05) is 33.8 Å². The molecule has 18 heavy (non-hydrogen) atoms. The lowest BCUT2D eigenvalue weighted by Crippen LogP contribution is -2.43. The van der Waals surface area contributed by atoms with Gasteiger partial charge in [-0.15, -0.1) is 0 Å². The van der Waals surface area contributed by atoms with Crippen molar-refractivity contribution in [3.63, 3.8) is 0 Å². The Labute approximate surface area is 107 Å². The second kappa shape index (κ2) is 4.63. The maximum absolute atomic E-state index is 5.94. The number of likely N-dealkylation sites (N-methyl/N-ethyl adjacent to an activating group) is 1. The number of hydrogen-bond donors (Lipinski definition) is 1. The molecular weight excluding hydrogens is 228 g/mol. The van der Waals surface area contributed by atoms with Crippen LogP contribution >= 0.6 is 0 Å². The molecule has 96 valence electrons. The molecule has 2 aromatic rings. The minimum absolute atomic E-state index is 0.317. The molecule has 1 N–H and O–H groups in total. The average molecular weight is 246 g/mol. The lowest BCUT2D eigenvalue weighted by molar-refractivity contribution is 0.180. The van der Waals surface area contributed by atoms with Crippen molar-refractivity contribution in [2.24, 2.45) is 0 Å². The van der Waals surface area contributed by atoms with Crippen molar-refractivity contribution < 1.29 is 9.15 Å². The van der Waals surface area contributed by atoms with Crippen LogP contribution in [0.5, 0.6) is 5.75 Å². The summed E-state index contributed by atoms with van der Waals surface area (Å²) in [4.78, 5) is 2.32. The Balaban J connectivity index is 1.97. The molecule has 1 atom stereocenters. The van der Waals surface area contributed by atoms with Crippen LogP contribution in [0.15, 0.2) is 28.7 Å². The number of hydrogen-bond acceptors (Lipinski definition) is 4. The van der Waals surface area contributed by atoms with Gasteiger partial charge < -0.3 is 14.5 Å². The van der Waals surface area contributed by atoms with E-state index in [2.05, 4.69) is 23.3 Å². The van der Waals surface area contributed by atoms with Gasteiger partial charge in [0.05, 0.1) is 13.2 Å². The van der Waals surface area contributed by atoms with E-state index < -0.39 is 0 Å². The van der Waals surface area contributed by atoms with Crippen molar-refractivity contribution in [1.29, 1.82) is 0 Å². The van der Waals surface area contributed by atoms with E-state index in [4.69, 9.17) is 9.15 Å². The van der Waals surface area contributed by atoms with Gasteiger partial charge in [-0.05, 0) is 31.3 Å². The SMILES string of the molecule is COc1ccc2oc(C3CNCCN3C)cc2c1. The summed E-state index contributed by atoms with van der Waals surface area (Å²) in [5.41, 5.74) is 0.921. The van der Waals surface area contributed by atoms with Crippen LogP contribution < -0.4 is 10.1 Å². The number of fused-ring (bicyclic) bond motifs is 1. The zero-order chi connectivity index (χ0) is 12.5. The minimum Gasteiger partial charge on any atom is -0.497 e. The molecule has 0 aliphatic carbocycles. The predicted octanol–water partition coefficient (Wildman–Crippen LogP) is 2.02. The molecule has 4 nitrogen and oxygen atoms in total. The van der Waals surface area contributed by atoms with E-state index in [1.807, 2.05) is 18.2 Å². The third-order valence-corrected chi connectivity index (χ3v) is 3.58. The van der Waals surface area contributed by atoms with Gasteiger partial charge in [-0.3, -0.25) is 4.90 Å². The van der Waals surface area contributed by atoms with Gasteiger partial charge in [-0.25, -0.2) is 0 Å². The molecule has 1 aliphatic heterocycles. The molecule has 1 saturated heterocycles. The molecule has 0 amide bonds. The van der Waals surface area contributed by atoms with Gasteiger partial charge in [0.2, 0.25) is 0 Å². The van der Waals surface area contributed by atoms with E-state index in [-0.39, 0.29) is 0 Å². The van der Waals surface area contributed by atoms with Crippen LogP contribution in [-0.4, -0.2) is 38.7 Å². The van der Waals surface area contributed by atoms with Crippen LogP contribution in [-0.2, 0) is 0 Å². The molecule has 1 aromatic heterocycles. The summed E-state index contributed by atoms with van der Waals surface area (Å²) in [6.45, 7) is 3.03. The standard InChI is InChI=1S/C14H18N2O2/c1-16-6-5-15-9-12(16)14-8-10-7-11(17-2)3-4-13(10)18-14/h3-4,7-8,12,15H,5-6,9H2,1-2H3. The maximum Gasteiger partial charge on any atom is 0.134 e. The monoisotopic (exact) mass is 246 g/mol. The molecule has 0 bridgehead atoms. The Morgan fingerprint density at radius 1 is 1.39 bits per heavy atom. The van der Waals surface area contributed by atoms with Gasteiger partial charge in [-0.2, -0.15) is 0 Å². The van der Waals surface area contributed by atoms with E-state index in [1.165, 1.54) is 0 Å². The zero-order valence-electron chi connectivity index (χ0n) is 10.8. The van der Waals surface area contributed by atoms with Gasteiger partial charge in [0.25, 0.3) is 0 Å². The molecule has 1 unspecified atom stereocenters. The average Bonchev–Trinajstić information content (AvgIpc) is 2.81. The van der Waals surface area contributed by atoms with E-state index >= 15 is 0 Å². The lowest BCUT2D eigenvalue weighted by Gasteiger charge is -2.31. The number of piperazine rings is 1. The van der Waals surface area contributed by atoms with Gasteiger partial charge >= 0.3 is 0 Å². The van der Waals surface area contributed by atoms with Gasteiger partial charge in [-0.1, -0.05) is 0 Å². The van der Waals surface area contributed by atoms with Crippen LogP contribution in [0, 0.1) is 0 Å². The second-order valence-electron chi connectivity index (χ2n) is 4.75. The molecular formula is C14H18N2O2. The minimum atomic E-state index is 0.317. The van der Waals surface area contributed by atoms with Crippen molar-refractivity contribution in [3.8, 4) is 5.75 Å². The largest absolute Gasteiger partial charge is 0.497 e. The summed E-state index contributed by atoms with van der Waals surface area (Å²) in [5.74, 6) is 1.89. The smallest absolute Gasteiger partial charge is 0.134 e. The molecule has 1 aromatic carbocycles. The lowest BCUT2D eigenvalue weighted by atomic mass is 10.1. The quantitative estimate of drug-likeness (QED) is 0.879. The highest BCUT2D eigenvalue weighted by molar-refractivity contribution is 5.79. The summed E-state index contributed by atoms with van der Waals surface area (Å²) in [7, 11) is 3.82. The molecule has 1 aliphatic rings. The molecule has 1 fully saturated rings. The van der Waals surface area contributed by atoms with E-state index in [0.717, 1.165) is 42.1 Å². The third-order valence-electron chi connectivity index (χ3n) is 3.58. The van der Waals surface area contributed by atoms with E-state index in [9.17, 15) is 0 Å². The number of benzene rings is 1. The number of nitrogens with zero attached hydrogens (tertiary/aromatic N) is 1. The molecule has 0 saturated carbocycles. The number of methoxy groups -OCH3 is 1. The topological polar surface area (TPSA) is 37.6 Å². The maximum atomic E-state index is 5.94. The van der Waals surface area contributed by atoms with E-state index in [0.29, 0.717) is 6.04 Å².